The Bertz CT molecular complexity index is 734. The van der Waals surface area contributed by atoms with Gasteiger partial charge in [-0.25, -0.2) is 0 Å². The van der Waals surface area contributed by atoms with Gasteiger partial charge in [-0.2, -0.15) is 0 Å². The molecule has 0 saturated carbocycles. The molecular formula is C24H34N2O3. The first-order valence-electron chi connectivity index (χ1n) is 10.6. The number of hydrogen-bond donors (Lipinski definition) is 1. The molecule has 5 heteroatoms. The van der Waals surface area contributed by atoms with Crippen molar-refractivity contribution >= 4 is 11.6 Å². The van der Waals surface area contributed by atoms with Crippen molar-refractivity contribution < 1.29 is 14.3 Å². The van der Waals surface area contributed by atoms with Gasteiger partial charge in [-0.3, -0.25) is 15.2 Å². The first-order valence-corrected chi connectivity index (χ1v) is 10.6. The Balaban J connectivity index is 2.06. The first-order chi connectivity index (χ1) is 14.2. The van der Waals surface area contributed by atoms with Crippen LogP contribution in [0.5, 0.6) is 11.5 Å². The van der Waals surface area contributed by atoms with Gasteiger partial charge in [0.25, 0.3) is 5.91 Å². The first kappa shape index (κ1) is 22.6. The molecule has 2 aromatic rings. The van der Waals surface area contributed by atoms with Crippen LogP contribution in [0.15, 0.2) is 48.5 Å². The minimum absolute atomic E-state index is 0.188. The minimum Gasteiger partial charge on any atom is -0.490 e. The summed E-state index contributed by atoms with van der Waals surface area (Å²) in [7, 11) is 1.82. The number of unbranched alkanes of at least 4 members (excludes halogenated alkanes) is 4. The average molecular weight is 399 g/mol. The van der Waals surface area contributed by atoms with E-state index in [-0.39, 0.29) is 5.91 Å². The van der Waals surface area contributed by atoms with Gasteiger partial charge in [0.1, 0.15) is 0 Å². The Kier molecular flexibility index (Phi) is 9.90. The molecule has 5 nitrogen and oxygen atoms in total. The zero-order valence-corrected chi connectivity index (χ0v) is 17.9. The highest BCUT2D eigenvalue weighted by atomic mass is 16.5. The van der Waals surface area contributed by atoms with E-state index in [1.165, 1.54) is 0 Å². The van der Waals surface area contributed by atoms with Crippen LogP contribution >= 0.6 is 0 Å². The van der Waals surface area contributed by atoms with E-state index in [2.05, 4.69) is 19.3 Å². The number of benzene rings is 2. The van der Waals surface area contributed by atoms with Crippen LogP contribution in [0.2, 0.25) is 0 Å². The molecule has 0 aromatic heterocycles. The minimum atomic E-state index is -0.188. The second kappa shape index (κ2) is 12.7. The molecule has 0 bridgehead atoms. The Hall–Kier alpha value is -2.69. The fourth-order valence-electron chi connectivity index (χ4n) is 2.88. The number of amides is 1. The molecule has 0 heterocycles. The molecule has 0 aliphatic rings. The summed E-state index contributed by atoms with van der Waals surface area (Å²) in [6.45, 7) is 5.61. The van der Waals surface area contributed by atoms with E-state index >= 15 is 0 Å². The Morgan fingerprint density at radius 2 is 1.48 bits per heavy atom. The van der Waals surface area contributed by atoms with Crippen molar-refractivity contribution in [3.8, 4) is 11.5 Å². The zero-order valence-electron chi connectivity index (χ0n) is 17.9. The van der Waals surface area contributed by atoms with Crippen molar-refractivity contribution in [1.82, 2.24) is 5.43 Å². The summed E-state index contributed by atoms with van der Waals surface area (Å²) in [5.41, 5.74) is 4.34. The topological polar surface area (TPSA) is 50.8 Å². The molecule has 1 amide bonds. The monoisotopic (exact) mass is 398 g/mol. The Morgan fingerprint density at radius 3 is 2.10 bits per heavy atom. The highest BCUT2D eigenvalue weighted by molar-refractivity contribution is 5.95. The van der Waals surface area contributed by atoms with Crippen LogP contribution in [0.4, 0.5) is 5.69 Å². The highest BCUT2D eigenvalue weighted by Crippen LogP contribution is 2.29. The van der Waals surface area contributed by atoms with E-state index in [9.17, 15) is 4.79 Å². The summed E-state index contributed by atoms with van der Waals surface area (Å²) in [6.07, 6.45) is 6.54. The number of para-hydroxylation sites is 1. The molecule has 0 spiro atoms. The third-order valence-corrected chi connectivity index (χ3v) is 4.63. The molecule has 0 aliphatic carbocycles. The normalized spacial score (nSPS) is 10.4. The van der Waals surface area contributed by atoms with Gasteiger partial charge in [-0.15, -0.1) is 0 Å². The number of rotatable bonds is 13. The number of nitrogens with one attached hydrogen (secondary N) is 1. The van der Waals surface area contributed by atoms with Gasteiger partial charge in [-0.1, -0.05) is 57.7 Å². The number of anilines is 1. The van der Waals surface area contributed by atoms with Gasteiger partial charge < -0.3 is 9.47 Å². The second-order valence-electron chi connectivity index (χ2n) is 7.11. The second-order valence-corrected chi connectivity index (χ2v) is 7.11. The standard InChI is InChI=1S/C24H34N2O3/c1-4-6-11-17-28-22-16-15-20(19-23(22)29-18-12-7-5-2)24(27)25-26(3)21-13-9-8-10-14-21/h8-10,13-16,19H,4-7,11-12,17-18H2,1-3H3,(H,25,27). The van der Waals surface area contributed by atoms with Gasteiger partial charge in [0, 0.05) is 12.6 Å². The molecule has 0 fully saturated rings. The van der Waals surface area contributed by atoms with Crippen LogP contribution in [0.1, 0.15) is 62.7 Å². The van der Waals surface area contributed by atoms with Gasteiger partial charge in [0.15, 0.2) is 11.5 Å². The van der Waals surface area contributed by atoms with Crippen LogP contribution in [-0.2, 0) is 0 Å². The molecule has 1 N–H and O–H groups in total. The summed E-state index contributed by atoms with van der Waals surface area (Å²) < 4.78 is 11.9. The van der Waals surface area contributed by atoms with Crippen molar-refractivity contribution in [1.29, 1.82) is 0 Å². The largest absolute Gasteiger partial charge is 0.490 e. The molecule has 2 rings (SSSR count). The van der Waals surface area contributed by atoms with E-state index in [0.29, 0.717) is 30.3 Å². The fraction of sp³-hybridized carbons (Fsp3) is 0.458. The summed E-state index contributed by atoms with van der Waals surface area (Å²) in [4.78, 5) is 12.7. The van der Waals surface area contributed by atoms with Crippen molar-refractivity contribution in [2.75, 3.05) is 25.3 Å². The predicted octanol–water partition coefficient (Wildman–Crippen LogP) is 5.61. The molecule has 0 atom stereocenters. The van der Waals surface area contributed by atoms with Gasteiger partial charge in [-0.05, 0) is 43.2 Å². The van der Waals surface area contributed by atoms with Crippen LogP contribution in [0.3, 0.4) is 0 Å². The van der Waals surface area contributed by atoms with Crippen LogP contribution in [-0.4, -0.2) is 26.2 Å². The quantitative estimate of drug-likeness (QED) is 0.352. The third-order valence-electron chi connectivity index (χ3n) is 4.63. The van der Waals surface area contributed by atoms with Crippen LogP contribution in [0.25, 0.3) is 0 Å². The van der Waals surface area contributed by atoms with Gasteiger partial charge in [0.2, 0.25) is 0 Å². The lowest BCUT2D eigenvalue weighted by Crippen LogP contribution is -2.39. The van der Waals surface area contributed by atoms with E-state index in [0.717, 1.165) is 44.2 Å². The summed E-state index contributed by atoms with van der Waals surface area (Å²) in [5.74, 6) is 1.14. The number of hydrazine groups is 1. The smallest absolute Gasteiger partial charge is 0.269 e. The predicted molar refractivity (Wildman–Crippen MR) is 119 cm³/mol. The molecule has 29 heavy (non-hydrogen) atoms. The number of carbonyl (C=O) groups is 1. The van der Waals surface area contributed by atoms with E-state index in [4.69, 9.17) is 9.47 Å². The average Bonchev–Trinajstić information content (AvgIpc) is 2.75. The van der Waals surface area contributed by atoms with Gasteiger partial charge in [0.05, 0.1) is 18.9 Å². The summed E-state index contributed by atoms with van der Waals surface area (Å²) >= 11 is 0. The number of ether oxygens (including phenoxy) is 2. The SMILES string of the molecule is CCCCCOc1ccc(C(=O)NN(C)c2ccccc2)cc1OCCCCC. The van der Waals surface area contributed by atoms with Crippen LogP contribution < -0.4 is 19.9 Å². The van der Waals surface area contributed by atoms with Crippen LogP contribution in [0, 0.1) is 0 Å². The molecule has 0 saturated heterocycles. The highest BCUT2D eigenvalue weighted by Gasteiger charge is 2.13. The molecule has 0 aliphatic heterocycles. The van der Waals surface area contributed by atoms with Crippen molar-refractivity contribution in [2.45, 2.75) is 52.4 Å². The maximum Gasteiger partial charge on any atom is 0.269 e. The Labute approximate surface area is 175 Å². The summed E-state index contributed by atoms with van der Waals surface area (Å²) in [5, 5.41) is 1.71. The van der Waals surface area contributed by atoms with Gasteiger partial charge >= 0.3 is 0 Å². The maximum atomic E-state index is 12.7. The zero-order chi connectivity index (χ0) is 20.9. The molecule has 0 radical (unpaired) electrons. The number of hydrogen-bond acceptors (Lipinski definition) is 4. The maximum absolute atomic E-state index is 12.7. The lowest BCUT2D eigenvalue weighted by atomic mass is 10.2. The van der Waals surface area contributed by atoms with Crippen molar-refractivity contribution in [2.24, 2.45) is 0 Å². The molecule has 2 aromatic carbocycles. The lowest BCUT2D eigenvalue weighted by Gasteiger charge is -2.20. The molecular weight excluding hydrogens is 364 g/mol. The van der Waals surface area contributed by atoms with E-state index < -0.39 is 0 Å². The lowest BCUT2D eigenvalue weighted by molar-refractivity contribution is 0.0951. The molecule has 158 valence electrons. The summed E-state index contributed by atoms with van der Waals surface area (Å²) in [6, 6.07) is 15.1. The fourth-order valence-corrected chi connectivity index (χ4v) is 2.88. The Morgan fingerprint density at radius 1 is 0.862 bits per heavy atom. The van der Waals surface area contributed by atoms with E-state index in [1.807, 2.05) is 43.4 Å². The van der Waals surface area contributed by atoms with Crippen molar-refractivity contribution in [3.05, 3.63) is 54.1 Å². The molecule has 0 unspecified atom stereocenters. The van der Waals surface area contributed by atoms with E-state index in [1.54, 1.807) is 17.1 Å². The van der Waals surface area contributed by atoms with Crippen molar-refractivity contribution in [3.63, 3.8) is 0 Å². The third kappa shape index (κ3) is 7.68. The number of carbonyl (C=O) groups excluding carboxylic acids is 1. The number of nitrogens with zero attached hydrogens (tertiary/aromatic N) is 1.